The number of piperidine rings is 1. The van der Waals surface area contributed by atoms with Gasteiger partial charge in [-0.05, 0) is 56.0 Å². The molecule has 1 N–H and O–H groups in total. The van der Waals surface area contributed by atoms with Crippen LogP contribution in [0, 0.1) is 5.82 Å². The quantitative estimate of drug-likeness (QED) is 0.333. The Balaban J connectivity index is 1.21. The first-order valence-electron chi connectivity index (χ1n) is 13.2. The minimum Gasteiger partial charge on any atom is -0.458 e. The molecule has 6 rings (SSSR count). The molecule has 2 aliphatic heterocycles. The summed E-state index contributed by atoms with van der Waals surface area (Å²) in [6, 6.07) is 8.80. The number of nitrogens with one attached hydrogen (secondary N) is 1. The molecule has 2 saturated heterocycles. The van der Waals surface area contributed by atoms with E-state index in [4.69, 9.17) is 32.5 Å². The van der Waals surface area contributed by atoms with E-state index < -0.39 is 33.8 Å². The molecular weight excluding hydrogens is 596 g/mol. The fourth-order valence-corrected chi connectivity index (χ4v) is 6.96. The van der Waals surface area contributed by atoms with Crippen LogP contribution in [0.1, 0.15) is 70.9 Å². The Labute approximate surface area is 246 Å². The largest absolute Gasteiger partial charge is 0.458 e. The number of hydrogen-bond acceptors (Lipinski definition) is 8. The number of fused-ring (bicyclic) bond motifs is 2. The summed E-state index contributed by atoms with van der Waals surface area (Å²) >= 11 is 12.8. The molecule has 3 atom stereocenters. The Morgan fingerprint density at radius 3 is 2.32 bits per heavy atom. The predicted molar refractivity (Wildman–Crippen MR) is 150 cm³/mol. The number of halogens is 3. The highest BCUT2D eigenvalue weighted by Crippen LogP contribution is 2.47. The van der Waals surface area contributed by atoms with Crippen LogP contribution >= 0.6 is 23.2 Å². The maximum Gasteiger partial charge on any atom is 0.344 e. The second-order valence-corrected chi connectivity index (χ2v) is 13.4. The molecule has 2 bridgehead atoms. The fourth-order valence-electron chi connectivity index (χ4n) is 5.93. The molecule has 0 spiro atoms. The summed E-state index contributed by atoms with van der Waals surface area (Å²) in [6.45, 7) is 0. The predicted octanol–water partition coefficient (Wildman–Crippen LogP) is 5.71. The molecule has 2 aromatic carbocycles. The van der Waals surface area contributed by atoms with E-state index in [1.54, 1.807) is 18.2 Å². The molecule has 13 heteroatoms. The summed E-state index contributed by atoms with van der Waals surface area (Å²) in [5.74, 6) is -1.52. The van der Waals surface area contributed by atoms with E-state index in [9.17, 15) is 18.0 Å². The topological polar surface area (TPSA) is 119 Å². The number of ether oxygens (including phenoxy) is 1. The molecule has 1 aromatic heterocycles. The van der Waals surface area contributed by atoms with Crippen molar-refractivity contribution in [3.8, 4) is 11.3 Å². The molecule has 0 radical (unpaired) electrons. The number of nitrogens with zero attached hydrogens (tertiary/aromatic N) is 2. The highest BCUT2D eigenvalue weighted by molar-refractivity contribution is 7.89. The smallest absolute Gasteiger partial charge is 0.344 e. The lowest BCUT2D eigenvalue weighted by atomic mass is 9.98. The van der Waals surface area contributed by atoms with Crippen molar-refractivity contribution < 1.29 is 31.7 Å². The van der Waals surface area contributed by atoms with Crippen molar-refractivity contribution >= 4 is 50.8 Å². The van der Waals surface area contributed by atoms with Crippen LogP contribution in [0.2, 0.25) is 10.0 Å². The van der Waals surface area contributed by atoms with Crippen molar-refractivity contribution in [2.45, 2.75) is 62.6 Å². The maximum atomic E-state index is 15.2. The van der Waals surface area contributed by atoms with E-state index in [1.807, 2.05) is 9.62 Å². The summed E-state index contributed by atoms with van der Waals surface area (Å²) in [5, 5.41) is 4.86. The van der Waals surface area contributed by atoms with Crippen LogP contribution in [0.15, 0.2) is 40.9 Å². The Morgan fingerprint density at radius 2 is 1.73 bits per heavy atom. The van der Waals surface area contributed by atoms with E-state index in [0.29, 0.717) is 39.9 Å². The standard InChI is InChI=1S/C28H26Cl2FN3O6S/c1-41(37,38)33-27(35)15-7-10-22(21(31)11-15)34-16-8-9-17(34)13-18(12-16)39-28(36)24-25(32-40-26(24)14-5-6-14)23-19(29)3-2-4-20(23)30/h2-4,7,10-11,14,16-18H,5-6,8-9,12-13H2,1H3,(H,33,35)/t16-,17+,18-. The van der Waals surface area contributed by atoms with Crippen molar-refractivity contribution in [2.75, 3.05) is 11.2 Å². The Morgan fingerprint density at radius 1 is 1.07 bits per heavy atom. The van der Waals surface area contributed by atoms with E-state index in [0.717, 1.165) is 38.0 Å². The summed E-state index contributed by atoms with van der Waals surface area (Å²) in [4.78, 5) is 27.8. The number of hydrogen-bond donors (Lipinski definition) is 1. The van der Waals surface area contributed by atoms with Gasteiger partial charge in [0.25, 0.3) is 5.91 Å². The molecule has 1 amide bonds. The zero-order valence-electron chi connectivity index (χ0n) is 21.9. The van der Waals surface area contributed by atoms with Crippen LogP contribution in [0.4, 0.5) is 10.1 Å². The van der Waals surface area contributed by atoms with Crippen LogP contribution < -0.4 is 9.62 Å². The van der Waals surface area contributed by atoms with Crippen LogP contribution in [0.25, 0.3) is 11.3 Å². The average molecular weight is 623 g/mol. The first-order valence-corrected chi connectivity index (χ1v) is 15.9. The van der Waals surface area contributed by atoms with Gasteiger partial charge in [0.1, 0.15) is 23.2 Å². The van der Waals surface area contributed by atoms with E-state index in [-0.39, 0.29) is 34.8 Å². The summed E-state index contributed by atoms with van der Waals surface area (Å²) < 4.78 is 51.4. The molecular formula is C28H26Cl2FN3O6S. The van der Waals surface area contributed by atoms with Crippen molar-refractivity contribution in [2.24, 2.45) is 0 Å². The summed E-state index contributed by atoms with van der Waals surface area (Å²) in [6.07, 6.45) is 4.77. The van der Waals surface area contributed by atoms with E-state index in [2.05, 4.69) is 5.16 Å². The number of aromatic nitrogens is 1. The number of carbonyl (C=O) groups excluding carboxylic acids is 2. The number of benzene rings is 2. The van der Waals surface area contributed by atoms with Crippen LogP contribution in [0.5, 0.6) is 0 Å². The van der Waals surface area contributed by atoms with Gasteiger partial charge in [-0.15, -0.1) is 0 Å². The van der Waals surface area contributed by atoms with Crippen LogP contribution in [-0.4, -0.2) is 49.9 Å². The molecule has 1 saturated carbocycles. The summed E-state index contributed by atoms with van der Waals surface area (Å²) in [5.41, 5.74) is 1.14. The zero-order valence-corrected chi connectivity index (χ0v) is 24.2. The summed E-state index contributed by atoms with van der Waals surface area (Å²) in [7, 11) is -3.78. The third-order valence-electron chi connectivity index (χ3n) is 7.80. The minimum absolute atomic E-state index is 0.0837. The van der Waals surface area contributed by atoms with Gasteiger partial charge in [0.15, 0.2) is 5.76 Å². The molecule has 1 aliphatic carbocycles. The van der Waals surface area contributed by atoms with Gasteiger partial charge < -0.3 is 14.2 Å². The van der Waals surface area contributed by atoms with Crippen molar-refractivity contribution in [3.05, 3.63) is 69.1 Å². The SMILES string of the molecule is CS(=O)(=O)NC(=O)c1ccc(N2[C@@H]3CC[C@H]2C[C@H](OC(=O)c2c(-c4c(Cl)cccc4Cl)noc2C2CC2)C3)c(F)c1. The molecule has 0 unspecified atom stereocenters. The molecule has 3 heterocycles. The number of carbonyl (C=O) groups is 2. The Hall–Kier alpha value is -3.15. The van der Waals surface area contributed by atoms with Crippen molar-refractivity contribution in [1.82, 2.24) is 9.88 Å². The van der Waals surface area contributed by atoms with E-state index in [1.165, 1.54) is 12.1 Å². The van der Waals surface area contributed by atoms with Gasteiger partial charge >= 0.3 is 5.97 Å². The fraction of sp³-hybridized carbons (Fsp3) is 0.393. The van der Waals surface area contributed by atoms with Gasteiger partial charge in [-0.3, -0.25) is 4.79 Å². The van der Waals surface area contributed by atoms with Gasteiger partial charge in [-0.1, -0.05) is 34.4 Å². The normalized spacial score (nSPS) is 22.0. The van der Waals surface area contributed by atoms with Crippen molar-refractivity contribution in [3.63, 3.8) is 0 Å². The van der Waals surface area contributed by atoms with Gasteiger partial charge in [0, 0.05) is 42.0 Å². The number of esters is 1. The highest BCUT2D eigenvalue weighted by Gasteiger charge is 2.44. The molecule has 3 fully saturated rings. The lowest BCUT2D eigenvalue weighted by molar-refractivity contribution is 0.0202. The van der Waals surface area contributed by atoms with Crippen molar-refractivity contribution in [1.29, 1.82) is 0 Å². The monoisotopic (exact) mass is 621 g/mol. The molecule has 3 aliphatic rings. The van der Waals surface area contributed by atoms with Crippen LogP contribution in [-0.2, 0) is 14.8 Å². The Kier molecular flexibility index (Phi) is 7.24. The first-order chi connectivity index (χ1) is 19.5. The third-order valence-corrected chi connectivity index (χ3v) is 8.99. The molecule has 9 nitrogen and oxygen atoms in total. The van der Waals surface area contributed by atoms with Crippen LogP contribution in [0.3, 0.4) is 0 Å². The molecule has 41 heavy (non-hydrogen) atoms. The van der Waals surface area contributed by atoms with Gasteiger partial charge in [-0.25, -0.2) is 22.3 Å². The maximum absolute atomic E-state index is 15.2. The van der Waals surface area contributed by atoms with Gasteiger partial charge in [-0.2, -0.15) is 0 Å². The number of rotatable bonds is 7. The van der Waals surface area contributed by atoms with E-state index >= 15 is 4.39 Å². The third kappa shape index (κ3) is 5.54. The molecule has 216 valence electrons. The second-order valence-electron chi connectivity index (χ2n) is 10.8. The number of sulfonamides is 1. The second kappa shape index (κ2) is 10.6. The average Bonchev–Trinajstić information content (AvgIpc) is 3.59. The van der Waals surface area contributed by atoms with Gasteiger partial charge in [0.05, 0.1) is 22.0 Å². The lowest BCUT2D eigenvalue weighted by Crippen LogP contribution is -2.46. The highest BCUT2D eigenvalue weighted by atomic mass is 35.5. The number of anilines is 1. The molecule has 3 aromatic rings. The minimum atomic E-state index is -3.78. The zero-order chi connectivity index (χ0) is 29.1. The lowest BCUT2D eigenvalue weighted by Gasteiger charge is -2.40. The van der Waals surface area contributed by atoms with Gasteiger partial charge in [0.2, 0.25) is 10.0 Å². The Bertz CT molecular complexity index is 1620. The number of amides is 1. The first kappa shape index (κ1) is 28.0.